The molecule has 18 nitrogen and oxygen atoms in total. The second-order valence-corrected chi connectivity index (χ2v) is 26.1. The summed E-state index contributed by atoms with van der Waals surface area (Å²) >= 11 is 0. The Morgan fingerprint density at radius 1 is 0.330 bits per heavy atom. The summed E-state index contributed by atoms with van der Waals surface area (Å²) in [6, 6.07) is 42.9. The summed E-state index contributed by atoms with van der Waals surface area (Å²) in [5, 5.41) is 0. The molecule has 582 valence electrons. The monoisotopic (exact) mass is 1430 g/mol. The predicted octanol–water partition coefficient (Wildman–Crippen LogP) is 16.9. The minimum absolute atomic E-state index is 0.713. The molecule has 0 saturated carbocycles. The average molecular weight is 1430 g/mol. The highest BCUT2D eigenvalue weighted by Crippen LogP contribution is 2.11. The number of unbranched alkanes of at least 4 members (excludes halogenated alkanes) is 2. The highest BCUT2D eigenvalue weighted by Gasteiger charge is 1.96. The zero-order valence-electron chi connectivity index (χ0n) is 68.2. The Morgan fingerprint density at radius 3 is 0.748 bits per heavy atom. The third-order valence-electron chi connectivity index (χ3n) is 13.2. The van der Waals surface area contributed by atoms with Crippen molar-refractivity contribution in [1.82, 2.24) is 29.4 Å². The second kappa shape index (κ2) is 72.9. The molecule has 103 heavy (non-hydrogen) atoms. The number of nitrogens with two attached hydrogens (primary N) is 12. The molecular formula is C85H152N18. The molecule has 0 aliphatic heterocycles. The van der Waals surface area contributed by atoms with Gasteiger partial charge in [0.1, 0.15) is 0 Å². The predicted molar refractivity (Wildman–Crippen MR) is 472 cm³/mol. The number of nitrogen functional groups attached to an aromatic ring is 12. The second-order valence-electron chi connectivity index (χ2n) is 26.1. The number of rotatable bonds is 24. The number of nitrogens with zero attached hydrogens (tertiary/aromatic N) is 6. The first-order valence-corrected chi connectivity index (χ1v) is 36.0. The quantitative estimate of drug-likeness (QED) is 0.0198. The molecular weight excluding hydrogens is 1270 g/mol. The van der Waals surface area contributed by atoms with Crippen molar-refractivity contribution >= 4 is 68.2 Å². The molecule has 6 aromatic rings. The summed E-state index contributed by atoms with van der Waals surface area (Å²) in [5.41, 5.74) is 78.6. The maximum atomic E-state index is 5.38. The molecule has 0 radical (unpaired) electrons. The number of anilines is 12. The van der Waals surface area contributed by atoms with Crippen LogP contribution in [-0.4, -0.2) is 151 Å². The number of benzene rings is 6. The van der Waals surface area contributed by atoms with E-state index < -0.39 is 0 Å². The van der Waals surface area contributed by atoms with Crippen LogP contribution in [-0.2, 0) is 0 Å². The fraction of sp³-hybridized carbons (Fsp3) is 0.435. The van der Waals surface area contributed by atoms with Crippen LogP contribution >= 0.6 is 0 Å². The van der Waals surface area contributed by atoms with Gasteiger partial charge >= 0.3 is 0 Å². The molecule has 0 fully saturated rings. The van der Waals surface area contributed by atoms with E-state index in [1.54, 1.807) is 109 Å². The van der Waals surface area contributed by atoms with Crippen molar-refractivity contribution < 1.29 is 0 Å². The molecule has 0 spiro atoms. The van der Waals surface area contributed by atoms with Crippen LogP contribution in [0.4, 0.5) is 68.2 Å². The van der Waals surface area contributed by atoms with Gasteiger partial charge < -0.3 is 93.3 Å². The molecule has 0 aromatic heterocycles. The number of hydrogen-bond acceptors (Lipinski definition) is 18. The van der Waals surface area contributed by atoms with Crippen molar-refractivity contribution in [3.05, 3.63) is 218 Å². The lowest BCUT2D eigenvalue weighted by Gasteiger charge is -2.14. The first-order valence-electron chi connectivity index (χ1n) is 36.0. The average Bonchev–Trinajstić information content (AvgIpc) is 1.06. The van der Waals surface area contributed by atoms with Crippen molar-refractivity contribution in [2.45, 2.75) is 128 Å². The molecule has 0 amide bonds. The van der Waals surface area contributed by atoms with Gasteiger partial charge in [0.15, 0.2) is 0 Å². The van der Waals surface area contributed by atoms with Gasteiger partial charge in [-0.2, -0.15) is 0 Å². The van der Waals surface area contributed by atoms with E-state index in [1.165, 1.54) is 99.8 Å². The fourth-order valence-electron chi connectivity index (χ4n) is 7.68. The van der Waals surface area contributed by atoms with E-state index in [4.69, 9.17) is 68.8 Å². The molecule has 0 bridgehead atoms. The summed E-state index contributed by atoms with van der Waals surface area (Å²) in [7, 11) is 16.8. The van der Waals surface area contributed by atoms with E-state index in [9.17, 15) is 0 Å². The maximum Gasteiger partial charge on any atom is 0.0334 e. The molecule has 6 rings (SSSR count). The van der Waals surface area contributed by atoms with Crippen LogP contribution < -0.4 is 68.8 Å². The molecule has 0 unspecified atom stereocenters. The van der Waals surface area contributed by atoms with Gasteiger partial charge in [0, 0.05) is 101 Å². The van der Waals surface area contributed by atoms with Gasteiger partial charge in [-0.05, 0) is 278 Å². The van der Waals surface area contributed by atoms with Gasteiger partial charge in [0.25, 0.3) is 0 Å². The molecule has 0 aliphatic carbocycles. The van der Waals surface area contributed by atoms with Gasteiger partial charge in [-0.3, -0.25) is 4.90 Å². The molecule has 0 saturated heterocycles. The zero-order valence-corrected chi connectivity index (χ0v) is 68.2. The summed E-state index contributed by atoms with van der Waals surface area (Å²) in [6.07, 6.45) is 20.8. The van der Waals surface area contributed by atoms with Gasteiger partial charge in [-0.25, -0.2) is 0 Å². The Labute approximate surface area is 630 Å². The van der Waals surface area contributed by atoms with Crippen LogP contribution in [0, 0.1) is 0 Å². The highest BCUT2D eigenvalue weighted by atomic mass is 15.1. The van der Waals surface area contributed by atoms with Gasteiger partial charge in [0.05, 0.1) is 0 Å². The lowest BCUT2D eigenvalue weighted by Crippen LogP contribution is -2.20. The van der Waals surface area contributed by atoms with Crippen LogP contribution in [0.5, 0.6) is 0 Å². The van der Waals surface area contributed by atoms with Crippen molar-refractivity contribution in [3.8, 4) is 0 Å². The first kappa shape index (κ1) is 105. The molecule has 0 aliphatic rings. The van der Waals surface area contributed by atoms with E-state index in [2.05, 4.69) is 186 Å². The van der Waals surface area contributed by atoms with Crippen molar-refractivity contribution in [2.24, 2.45) is 0 Å². The standard InChI is InChI=1S/C12H23N.C9H21N.2C7H15N.C7H17N.C7H13N.6C6H8N2/c1-11(2)7-6-8-12(3)9-10-13(4)5;1-4-6-8-10(3)9-7-5-2;1-7(2)5-6-8(3)4;1-5-8(4)6-7(2)3;2*1-4-6-8(3)7-5-2;6*7-5-2-1-3-6(8)4-5/h7,9H,6,8,10H2,1-5H3;4-9H2,1-3H3;5H,6H2,1-4H3;2,5-6H2,1,3-4H3;4-7H2,1-3H3;4-5H,1-2,6-7H2,3H3;6*1-4H,7-8H2/b12-9+;;;;;;;;;;;. The Kier molecular flexibility index (Phi) is 74.4. The maximum absolute atomic E-state index is 5.38. The van der Waals surface area contributed by atoms with E-state index in [1.807, 2.05) is 62.5 Å². The smallest absolute Gasteiger partial charge is 0.0334 e. The molecule has 18 heteroatoms. The summed E-state index contributed by atoms with van der Waals surface area (Å²) in [4.78, 5) is 13.5. The van der Waals surface area contributed by atoms with Crippen molar-refractivity contribution in [1.29, 1.82) is 0 Å². The van der Waals surface area contributed by atoms with Gasteiger partial charge in [-0.15, -0.1) is 13.2 Å². The highest BCUT2D eigenvalue weighted by molar-refractivity contribution is 5.54. The van der Waals surface area contributed by atoms with Gasteiger partial charge in [-0.1, -0.05) is 143 Å². The fourth-order valence-corrected chi connectivity index (χ4v) is 7.68. The van der Waals surface area contributed by atoms with Crippen LogP contribution in [0.15, 0.2) is 218 Å². The molecule has 24 N–H and O–H groups in total. The van der Waals surface area contributed by atoms with Crippen LogP contribution in [0.1, 0.15) is 128 Å². The minimum atomic E-state index is 0.713. The Hall–Kier alpha value is -8.88. The normalized spacial score (nSPS) is 9.82. The Morgan fingerprint density at radius 2 is 0.583 bits per heavy atom. The lowest BCUT2D eigenvalue weighted by molar-refractivity contribution is 0.322. The third kappa shape index (κ3) is 89.2. The first-order chi connectivity index (χ1) is 48.5. The molecule has 0 heterocycles. The van der Waals surface area contributed by atoms with E-state index in [0.717, 1.165) is 39.3 Å². The molecule has 0 atom stereocenters. The van der Waals surface area contributed by atoms with Crippen molar-refractivity contribution in [3.63, 3.8) is 0 Å². The van der Waals surface area contributed by atoms with E-state index in [0.29, 0.717) is 68.2 Å². The minimum Gasteiger partial charge on any atom is -0.399 e. The third-order valence-corrected chi connectivity index (χ3v) is 13.2. The van der Waals surface area contributed by atoms with Gasteiger partial charge in [0.2, 0.25) is 0 Å². The lowest BCUT2D eigenvalue weighted by atomic mass is 10.1. The van der Waals surface area contributed by atoms with E-state index >= 15 is 0 Å². The number of allylic oxidation sites excluding steroid dienone is 4. The topological polar surface area (TPSA) is 332 Å². The van der Waals surface area contributed by atoms with E-state index in [-0.39, 0.29) is 0 Å². The SMILES string of the molecule is C=C(C)CN(C)CC.C=CCN(C)CC=C.CC(C)=CCC/C(C)=C/CN(C)C.CC(C)=CCN(C)C.CCCCN(C)CCCC.CCCN(C)CCC.Nc1cccc(N)c1.Nc1cccc(N)c1.Nc1cccc(N)c1.Nc1cccc(N)c1.Nc1cccc(N)c1.Nc1cccc(N)c1. The van der Waals surface area contributed by atoms with Crippen LogP contribution in [0.3, 0.4) is 0 Å². The number of likely N-dealkylation sites (N-methyl/N-ethyl adjacent to an activating group) is 4. The summed E-state index contributed by atoms with van der Waals surface area (Å²) < 4.78 is 0. The van der Waals surface area contributed by atoms with Crippen molar-refractivity contribution in [2.75, 3.05) is 191 Å². The van der Waals surface area contributed by atoms with Crippen LogP contribution in [0.2, 0.25) is 0 Å². The molecule has 6 aromatic carbocycles. The Balaban J connectivity index is -0.000000250. The Bertz CT molecular complexity index is 2570. The van der Waals surface area contributed by atoms with Crippen LogP contribution in [0.25, 0.3) is 0 Å². The largest absolute Gasteiger partial charge is 0.399 e. The number of hydrogen-bond donors (Lipinski definition) is 12. The summed E-state index contributed by atoms with van der Waals surface area (Å²) in [6.45, 7) is 46.0. The zero-order chi connectivity index (χ0) is 79.9. The summed E-state index contributed by atoms with van der Waals surface area (Å²) in [5.74, 6) is 0.